The zero-order valence-electron chi connectivity index (χ0n) is 17.5. The monoisotopic (exact) mass is 427 g/mol. The molecule has 2 aliphatic rings. The van der Waals surface area contributed by atoms with E-state index >= 15 is 0 Å². The van der Waals surface area contributed by atoms with Gasteiger partial charge in [0.25, 0.3) is 0 Å². The molecule has 6 heteroatoms. The Labute approximate surface area is 181 Å². The molecule has 1 heterocycles. The molecule has 0 N–H and O–H groups in total. The van der Waals surface area contributed by atoms with E-state index < -0.39 is 30.4 Å². The zero-order chi connectivity index (χ0) is 22.0. The topological polar surface area (TPSA) is 46.6 Å². The lowest BCUT2D eigenvalue weighted by Gasteiger charge is -2.27. The number of amides is 2. The molecule has 0 radical (unpaired) electrons. The summed E-state index contributed by atoms with van der Waals surface area (Å²) in [5, 5.41) is 0. The van der Waals surface area contributed by atoms with Gasteiger partial charge in [-0.05, 0) is 49.7 Å². The number of carbonyl (C=O) groups excluding carboxylic acids is 2. The van der Waals surface area contributed by atoms with E-state index in [1.54, 1.807) is 0 Å². The highest BCUT2D eigenvalue weighted by atomic mass is 19.2. The number of rotatable bonds is 6. The minimum atomic E-state index is -1.48. The minimum Gasteiger partial charge on any atom is -0.447 e. The Kier molecular flexibility index (Phi) is 6.35. The molecular weight excluding hydrogens is 400 g/mol. The van der Waals surface area contributed by atoms with Crippen molar-refractivity contribution in [2.45, 2.75) is 56.9 Å². The van der Waals surface area contributed by atoms with E-state index in [9.17, 15) is 18.4 Å². The zero-order valence-corrected chi connectivity index (χ0v) is 17.5. The van der Waals surface area contributed by atoms with E-state index in [4.69, 9.17) is 4.74 Å². The molecule has 5 atom stereocenters. The highest BCUT2D eigenvalue weighted by Crippen LogP contribution is 2.39. The largest absolute Gasteiger partial charge is 0.447 e. The van der Waals surface area contributed by atoms with E-state index in [-0.39, 0.29) is 31.3 Å². The Bertz CT molecular complexity index is 908. The van der Waals surface area contributed by atoms with Crippen LogP contribution in [0.2, 0.25) is 0 Å². The van der Waals surface area contributed by atoms with Crippen molar-refractivity contribution in [1.29, 1.82) is 0 Å². The number of aryl methyl sites for hydroxylation is 1. The van der Waals surface area contributed by atoms with Gasteiger partial charge in [-0.1, -0.05) is 60.2 Å². The molecule has 2 fully saturated rings. The van der Waals surface area contributed by atoms with Crippen LogP contribution in [-0.4, -0.2) is 41.9 Å². The number of halogens is 2. The van der Waals surface area contributed by atoms with Crippen molar-refractivity contribution < 1.29 is 23.1 Å². The molecule has 4 nitrogen and oxygen atoms in total. The van der Waals surface area contributed by atoms with Crippen LogP contribution in [-0.2, 0) is 16.0 Å². The standard InChI is InChI=1S/C25H27F2NO3/c1-16-7-9-19(10-8-16)21(12-18-13-22(26)23(27)14-18)24(29)28-20(15-31-25(28)30)11-17-5-3-2-4-6-17/h2-10,18,20-23H,11-15H2,1H3/t18?,20-,21?,22-,23+/m1/s1. The summed E-state index contributed by atoms with van der Waals surface area (Å²) in [6.45, 7) is 2.09. The number of nitrogens with zero attached hydrogens (tertiary/aromatic N) is 1. The van der Waals surface area contributed by atoms with E-state index in [1.807, 2.05) is 61.5 Å². The summed E-state index contributed by atoms with van der Waals surface area (Å²) in [6, 6.07) is 16.8. The molecule has 31 heavy (non-hydrogen) atoms. The predicted octanol–water partition coefficient (Wildman–Crippen LogP) is 5.15. The summed E-state index contributed by atoms with van der Waals surface area (Å²) in [4.78, 5) is 27.4. The second-order valence-electron chi connectivity index (χ2n) is 8.70. The van der Waals surface area contributed by atoms with Crippen LogP contribution >= 0.6 is 0 Å². The summed E-state index contributed by atoms with van der Waals surface area (Å²) in [5.74, 6) is -1.25. The van der Waals surface area contributed by atoms with E-state index in [1.165, 1.54) is 4.90 Å². The van der Waals surface area contributed by atoms with Crippen molar-refractivity contribution in [1.82, 2.24) is 4.90 Å². The Morgan fingerprint density at radius 3 is 2.35 bits per heavy atom. The van der Waals surface area contributed by atoms with Crippen LogP contribution in [0.3, 0.4) is 0 Å². The number of imide groups is 1. The number of hydrogen-bond donors (Lipinski definition) is 0. The van der Waals surface area contributed by atoms with E-state index in [0.717, 1.165) is 16.7 Å². The number of cyclic esters (lactones) is 1. The molecule has 1 saturated heterocycles. The normalized spacial score (nSPS) is 26.7. The molecule has 2 aromatic rings. The minimum absolute atomic E-state index is 0.106. The maximum absolute atomic E-state index is 13.8. The van der Waals surface area contributed by atoms with Gasteiger partial charge in [-0.2, -0.15) is 0 Å². The van der Waals surface area contributed by atoms with Gasteiger partial charge in [0.05, 0.1) is 12.0 Å². The molecule has 1 aliphatic heterocycles. The lowest BCUT2D eigenvalue weighted by atomic mass is 9.86. The van der Waals surface area contributed by atoms with Gasteiger partial charge in [-0.15, -0.1) is 0 Å². The first-order valence-corrected chi connectivity index (χ1v) is 10.8. The first-order valence-electron chi connectivity index (χ1n) is 10.8. The van der Waals surface area contributed by atoms with Crippen LogP contribution < -0.4 is 0 Å². The van der Waals surface area contributed by atoms with Gasteiger partial charge >= 0.3 is 6.09 Å². The summed E-state index contributed by atoms with van der Waals surface area (Å²) in [7, 11) is 0. The second kappa shape index (κ2) is 9.16. The highest BCUT2D eigenvalue weighted by molar-refractivity contribution is 5.97. The molecule has 1 aliphatic carbocycles. The molecule has 2 amide bonds. The van der Waals surface area contributed by atoms with E-state index in [0.29, 0.717) is 12.8 Å². The predicted molar refractivity (Wildman–Crippen MR) is 113 cm³/mol. The lowest BCUT2D eigenvalue weighted by Crippen LogP contribution is -2.43. The summed E-state index contributed by atoms with van der Waals surface area (Å²) >= 11 is 0. The van der Waals surface area contributed by atoms with Crippen LogP contribution in [0.4, 0.5) is 13.6 Å². The van der Waals surface area contributed by atoms with Crippen molar-refractivity contribution in [3.63, 3.8) is 0 Å². The Balaban J connectivity index is 1.59. The maximum atomic E-state index is 13.8. The van der Waals surface area contributed by atoms with Crippen LogP contribution in [0, 0.1) is 12.8 Å². The molecule has 0 spiro atoms. The number of benzene rings is 2. The summed E-state index contributed by atoms with van der Waals surface area (Å²) < 4.78 is 32.8. The number of carbonyl (C=O) groups is 2. The number of hydrogen-bond acceptors (Lipinski definition) is 3. The van der Waals surface area contributed by atoms with Gasteiger partial charge in [-0.3, -0.25) is 4.79 Å². The molecule has 0 bridgehead atoms. The number of alkyl halides is 2. The van der Waals surface area contributed by atoms with Gasteiger partial charge in [0.1, 0.15) is 19.0 Å². The summed E-state index contributed by atoms with van der Waals surface area (Å²) in [5.41, 5.74) is 2.81. The van der Waals surface area contributed by atoms with Gasteiger partial charge in [0.2, 0.25) is 5.91 Å². The third kappa shape index (κ3) is 4.78. The lowest BCUT2D eigenvalue weighted by molar-refractivity contribution is -0.131. The maximum Gasteiger partial charge on any atom is 0.417 e. The summed E-state index contributed by atoms with van der Waals surface area (Å²) in [6.07, 6.45) is -2.60. The Morgan fingerprint density at radius 1 is 1.06 bits per heavy atom. The van der Waals surface area contributed by atoms with Crippen molar-refractivity contribution in [3.05, 3.63) is 71.3 Å². The molecule has 1 saturated carbocycles. The average molecular weight is 427 g/mol. The first kappa shape index (κ1) is 21.5. The third-order valence-electron chi connectivity index (χ3n) is 6.37. The van der Waals surface area contributed by atoms with Crippen LogP contribution in [0.5, 0.6) is 0 Å². The molecule has 164 valence electrons. The fraction of sp³-hybridized carbons (Fsp3) is 0.440. The number of ether oxygens (including phenoxy) is 1. The van der Waals surface area contributed by atoms with Crippen molar-refractivity contribution in [2.24, 2.45) is 5.92 Å². The fourth-order valence-electron chi connectivity index (χ4n) is 4.67. The van der Waals surface area contributed by atoms with Gasteiger partial charge < -0.3 is 4.74 Å². The van der Waals surface area contributed by atoms with Crippen LogP contribution in [0.1, 0.15) is 41.9 Å². The SMILES string of the molecule is Cc1ccc(C(CC2C[C@@H](F)[C@@H](F)C2)C(=O)N2C(=O)OC[C@H]2Cc2ccccc2)cc1. The van der Waals surface area contributed by atoms with Crippen LogP contribution in [0.15, 0.2) is 54.6 Å². The second-order valence-corrected chi connectivity index (χ2v) is 8.70. The molecule has 0 aromatic heterocycles. The molecule has 2 unspecified atom stereocenters. The quantitative estimate of drug-likeness (QED) is 0.641. The van der Waals surface area contributed by atoms with E-state index in [2.05, 4.69) is 0 Å². The Hall–Kier alpha value is -2.76. The van der Waals surface area contributed by atoms with Crippen LogP contribution in [0.25, 0.3) is 0 Å². The van der Waals surface area contributed by atoms with Gasteiger partial charge in [0.15, 0.2) is 0 Å². The third-order valence-corrected chi connectivity index (χ3v) is 6.37. The molecular formula is C25H27F2NO3. The van der Waals surface area contributed by atoms with Crippen molar-refractivity contribution in [3.8, 4) is 0 Å². The van der Waals surface area contributed by atoms with Crippen molar-refractivity contribution >= 4 is 12.0 Å². The Morgan fingerprint density at radius 2 is 1.71 bits per heavy atom. The smallest absolute Gasteiger partial charge is 0.417 e. The van der Waals surface area contributed by atoms with Gasteiger partial charge in [0, 0.05) is 0 Å². The fourth-order valence-corrected chi connectivity index (χ4v) is 4.67. The first-order chi connectivity index (χ1) is 14.9. The molecule has 2 aromatic carbocycles. The van der Waals surface area contributed by atoms with Crippen molar-refractivity contribution in [2.75, 3.05) is 6.61 Å². The highest BCUT2D eigenvalue weighted by Gasteiger charge is 2.43. The average Bonchev–Trinajstić information content (AvgIpc) is 3.28. The molecule has 4 rings (SSSR count). The van der Waals surface area contributed by atoms with Gasteiger partial charge in [-0.25, -0.2) is 18.5 Å².